The van der Waals surface area contributed by atoms with Crippen LogP contribution in [0.4, 0.5) is 0 Å². The van der Waals surface area contributed by atoms with Crippen LogP contribution in [0, 0.1) is 0 Å². The van der Waals surface area contributed by atoms with Crippen molar-refractivity contribution < 1.29 is 17.6 Å². The van der Waals surface area contributed by atoms with Crippen molar-refractivity contribution in [3.63, 3.8) is 0 Å². The van der Waals surface area contributed by atoms with E-state index in [1.165, 1.54) is 42.7 Å². The smallest absolute Gasteiger partial charge is 0.301 e. The van der Waals surface area contributed by atoms with Gasteiger partial charge >= 0.3 is 5.91 Å². The fourth-order valence-electron chi connectivity index (χ4n) is 1.26. The van der Waals surface area contributed by atoms with E-state index in [2.05, 4.69) is 0 Å². The Morgan fingerprint density at radius 3 is 2.42 bits per heavy atom. The van der Waals surface area contributed by atoms with Gasteiger partial charge in [0.05, 0.1) is 11.2 Å². The molecule has 0 aliphatic carbocycles. The second kappa shape index (κ2) is 5.43. The van der Waals surface area contributed by atoms with E-state index in [4.69, 9.17) is 16.0 Å². The Hall–Kier alpha value is -1.83. The van der Waals surface area contributed by atoms with Crippen LogP contribution in [-0.4, -0.2) is 14.3 Å². The van der Waals surface area contributed by atoms with Gasteiger partial charge in [-0.1, -0.05) is 11.6 Å². The molecule has 2 rings (SSSR count). The van der Waals surface area contributed by atoms with E-state index in [-0.39, 0.29) is 10.7 Å². The first-order valence-electron chi connectivity index (χ1n) is 5.10. The summed E-state index contributed by atoms with van der Waals surface area (Å²) in [4.78, 5) is 13.4. The van der Waals surface area contributed by atoms with Crippen LogP contribution in [-0.2, 0) is 10.0 Å². The third-order valence-electron chi connectivity index (χ3n) is 2.17. The lowest BCUT2D eigenvalue weighted by molar-refractivity contribution is 0.0917. The van der Waals surface area contributed by atoms with Gasteiger partial charge in [0.1, 0.15) is 0 Å². The molecule has 0 aliphatic heterocycles. The third-order valence-corrected chi connectivity index (χ3v) is 3.68. The van der Waals surface area contributed by atoms with Crippen LogP contribution in [0.15, 0.2) is 52.0 Å². The zero-order valence-electron chi connectivity index (χ0n) is 9.46. The van der Waals surface area contributed by atoms with Crippen molar-refractivity contribution >= 4 is 27.5 Å². The summed E-state index contributed by atoms with van der Waals surface area (Å²) in [6, 6.07) is 8.44. The molecule has 2 aromatic rings. The first-order chi connectivity index (χ1) is 8.99. The SMILES string of the molecule is O=C(NNS(=O)(=O)c1ccc(Cl)cc1)c1ccco1. The molecule has 1 aromatic carbocycles. The first-order valence-corrected chi connectivity index (χ1v) is 6.96. The van der Waals surface area contributed by atoms with Crippen molar-refractivity contribution in [1.29, 1.82) is 0 Å². The molecule has 0 bridgehead atoms. The zero-order chi connectivity index (χ0) is 13.9. The molecule has 1 heterocycles. The van der Waals surface area contributed by atoms with Gasteiger partial charge < -0.3 is 4.42 Å². The number of carbonyl (C=O) groups is 1. The maximum atomic E-state index is 11.8. The van der Waals surface area contributed by atoms with Gasteiger partial charge in [0.25, 0.3) is 10.0 Å². The van der Waals surface area contributed by atoms with Crippen molar-refractivity contribution in [1.82, 2.24) is 10.3 Å². The molecule has 0 radical (unpaired) electrons. The highest BCUT2D eigenvalue weighted by Gasteiger charge is 2.16. The van der Waals surface area contributed by atoms with E-state index >= 15 is 0 Å². The lowest BCUT2D eigenvalue weighted by atomic mass is 10.4. The lowest BCUT2D eigenvalue weighted by Gasteiger charge is -2.07. The Labute approximate surface area is 114 Å². The minimum atomic E-state index is -3.85. The summed E-state index contributed by atoms with van der Waals surface area (Å²) < 4.78 is 28.5. The number of furan rings is 1. The second-order valence-corrected chi connectivity index (χ2v) is 5.61. The summed E-state index contributed by atoms with van der Waals surface area (Å²) in [5.74, 6) is -0.693. The Kier molecular flexibility index (Phi) is 3.89. The van der Waals surface area contributed by atoms with Crippen molar-refractivity contribution in [3.8, 4) is 0 Å². The number of hydrogen-bond donors (Lipinski definition) is 2. The molecule has 8 heteroatoms. The molecule has 2 N–H and O–H groups in total. The highest BCUT2D eigenvalue weighted by molar-refractivity contribution is 7.89. The van der Waals surface area contributed by atoms with Gasteiger partial charge in [-0.15, -0.1) is 4.83 Å². The number of nitrogens with one attached hydrogen (secondary N) is 2. The fraction of sp³-hybridized carbons (Fsp3) is 0. The first kappa shape index (κ1) is 13.6. The number of hydrogen-bond acceptors (Lipinski definition) is 4. The van der Waals surface area contributed by atoms with E-state index < -0.39 is 15.9 Å². The number of benzene rings is 1. The van der Waals surface area contributed by atoms with Crippen LogP contribution in [0.5, 0.6) is 0 Å². The van der Waals surface area contributed by atoms with Gasteiger partial charge in [-0.25, -0.2) is 8.42 Å². The average Bonchev–Trinajstić information content (AvgIpc) is 2.90. The number of sulfonamides is 1. The van der Waals surface area contributed by atoms with E-state index in [0.29, 0.717) is 5.02 Å². The van der Waals surface area contributed by atoms with Crippen LogP contribution < -0.4 is 10.3 Å². The number of amides is 1. The molecule has 0 saturated heterocycles. The maximum Gasteiger partial charge on any atom is 0.301 e. The Balaban J connectivity index is 2.06. The summed E-state index contributed by atoms with van der Waals surface area (Å²) in [6.45, 7) is 0. The zero-order valence-corrected chi connectivity index (χ0v) is 11.0. The molecule has 0 aliphatic rings. The number of hydrazine groups is 1. The summed E-state index contributed by atoms with van der Waals surface area (Å²) in [5.41, 5.74) is 2.03. The van der Waals surface area contributed by atoms with E-state index in [0.717, 1.165) is 0 Å². The lowest BCUT2D eigenvalue weighted by Crippen LogP contribution is -2.41. The second-order valence-electron chi connectivity index (χ2n) is 3.49. The van der Waals surface area contributed by atoms with Crippen molar-refractivity contribution in [2.45, 2.75) is 4.90 Å². The topological polar surface area (TPSA) is 88.4 Å². The molecule has 0 saturated carbocycles. The number of carbonyl (C=O) groups excluding carboxylic acids is 1. The molecule has 19 heavy (non-hydrogen) atoms. The largest absolute Gasteiger partial charge is 0.459 e. The van der Waals surface area contributed by atoms with E-state index in [1.54, 1.807) is 0 Å². The van der Waals surface area contributed by atoms with Crippen LogP contribution >= 0.6 is 11.6 Å². The quantitative estimate of drug-likeness (QED) is 0.839. The number of rotatable bonds is 4. The summed E-state index contributed by atoms with van der Waals surface area (Å²) >= 11 is 5.66. The van der Waals surface area contributed by atoms with Crippen LogP contribution in [0.3, 0.4) is 0 Å². The standard InChI is InChI=1S/C11H9ClN2O4S/c12-8-3-5-9(6-4-8)19(16,17)14-13-11(15)10-2-1-7-18-10/h1-7,14H,(H,13,15). The molecular weight excluding hydrogens is 292 g/mol. The van der Waals surface area contributed by atoms with Gasteiger partial charge in [-0.2, -0.15) is 0 Å². The fourth-order valence-corrected chi connectivity index (χ4v) is 2.22. The van der Waals surface area contributed by atoms with E-state index in [1.807, 2.05) is 10.3 Å². The van der Waals surface area contributed by atoms with Crippen LogP contribution in [0.25, 0.3) is 0 Å². The molecule has 0 spiro atoms. The van der Waals surface area contributed by atoms with Gasteiger partial charge in [0, 0.05) is 5.02 Å². The molecule has 100 valence electrons. The Morgan fingerprint density at radius 2 is 1.84 bits per heavy atom. The predicted octanol–water partition coefficient (Wildman–Crippen LogP) is 1.56. The van der Waals surface area contributed by atoms with Gasteiger partial charge in [0.15, 0.2) is 5.76 Å². The molecule has 1 aromatic heterocycles. The third kappa shape index (κ3) is 3.34. The van der Waals surface area contributed by atoms with Crippen LogP contribution in [0.2, 0.25) is 5.02 Å². The van der Waals surface area contributed by atoms with Gasteiger partial charge in [-0.3, -0.25) is 10.2 Å². The van der Waals surface area contributed by atoms with E-state index in [9.17, 15) is 13.2 Å². The minimum Gasteiger partial charge on any atom is -0.459 e. The normalized spacial score (nSPS) is 11.2. The van der Waals surface area contributed by atoms with Gasteiger partial charge in [-0.05, 0) is 36.4 Å². The average molecular weight is 301 g/mol. The Morgan fingerprint density at radius 1 is 1.16 bits per heavy atom. The van der Waals surface area contributed by atoms with Crippen molar-refractivity contribution in [3.05, 3.63) is 53.4 Å². The monoisotopic (exact) mass is 300 g/mol. The highest BCUT2D eigenvalue weighted by atomic mass is 35.5. The molecule has 6 nitrogen and oxygen atoms in total. The van der Waals surface area contributed by atoms with Crippen molar-refractivity contribution in [2.24, 2.45) is 0 Å². The minimum absolute atomic E-state index is 0.00111. The molecule has 0 unspecified atom stereocenters. The Bertz CT molecular complexity index is 665. The van der Waals surface area contributed by atoms with Crippen LogP contribution in [0.1, 0.15) is 10.6 Å². The predicted molar refractivity (Wildman–Crippen MR) is 67.9 cm³/mol. The van der Waals surface area contributed by atoms with Crippen molar-refractivity contribution in [2.75, 3.05) is 0 Å². The number of halogens is 1. The summed E-state index contributed by atoms with van der Waals surface area (Å²) in [5, 5.41) is 0.415. The molecular formula is C11H9ClN2O4S. The summed E-state index contributed by atoms with van der Waals surface area (Å²) in [7, 11) is -3.85. The molecule has 1 amide bonds. The molecule has 0 atom stereocenters. The summed E-state index contributed by atoms with van der Waals surface area (Å²) in [6.07, 6.45) is 1.31. The highest BCUT2D eigenvalue weighted by Crippen LogP contribution is 2.13. The molecule has 0 fully saturated rings. The maximum absolute atomic E-state index is 11.8. The van der Waals surface area contributed by atoms with Gasteiger partial charge in [0.2, 0.25) is 0 Å².